The number of hydrogen-bond acceptors (Lipinski definition) is 10. The lowest BCUT2D eigenvalue weighted by Gasteiger charge is -2.28. The van der Waals surface area contributed by atoms with E-state index in [-0.39, 0.29) is 41.1 Å². The number of anilines is 3. The van der Waals surface area contributed by atoms with Gasteiger partial charge in [-0.05, 0) is 66.8 Å². The summed E-state index contributed by atoms with van der Waals surface area (Å²) in [6.45, 7) is 0.403. The quantitative estimate of drug-likeness (QED) is 0.115. The normalized spacial score (nSPS) is 16.2. The van der Waals surface area contributed by atoms with Crippen molar-refractivity contribution in [3.63, 3.8) is 0 Å². The molecule has 1 heterocycles. The van der Waals surface area contributed by atoms with E-state index in [1.54, 1.807) is 24.3 Å². The third kappa shape index (κ3) is 7.73. The fraction of sp³-hybridized carbons (Fsp3) is 0.290. The molecule has 12 heteroatoms. The Labute approximate surface area is 247 Å². The van der Waals surface area contributed by atoms with Gasteiger partial charge in [0.05, 0.1) is 12.0 Å². The van der Waals surface area contributed by atoms with E-state index in [1.165, 1.54) is 19.2 Å². The van der Waals surface area contributed by atoms with Gasteiger partial charge in [-0.1, -0.05) is 47.6 Å². The van der Waals surface area contributed by atoms with Gasteiger partial charge in [0, 0.05) is 24.2 Å². The van der Waals surface area contributed by atoms with Crippen LogP contribution in [-0.4, -0.2) is 34.1 Å². The van der Waals surface area contributed by atoms with Crippen molar-refractivity contribution >= 4 is 35.0 Å². The van der Waals surface area contributed by atoms with Crippen molar-refractivity contribution in [3.8, 4) is 5.75 Å². The number of nitro benzene ring substituents is 1. The van der Waals surface area contributed by atoms with Crippen LogP contribution in [0.2, 0.25) is 0 Å². The first-order valence-corrected chi connectivity index (χ1v) is 13.9. The zero-order valence-electron chi connectivity index (χ0n) is 23.5. The van der Waals surface area contributed by atoms with Gasteiger partial charge >= 0.3 is 23.8 Å². The van der Waals surface area contributed by atoms with Crippen molar-refractivity contribution < 1.29 is 28.4 Å². The summed E-state index contributed by atoms with van der Waals surface area (Å²) in [5.41, 5.74) is 2.25. The first-order chi connectivity index (χ1) is 20.9. The highest BCUT2D eigenvalue weighted by atomic mass is 16.6. The molecule has 0 aliphatic heterocycles. The molecule has 1 aliphatic carbocycles. The molecule has 0 spiro atoms. The van der Waals surface area contributed by atoms with Gasteiger partial charge in [0.15, 0.2) is 0 Å². The number of nitro groups is 1. The summed E-state index contributed by atoms with van der Waals surface area (Å²) in [6, 6.07) is 21.7. The molecule has 1 saturated carbocycles. The first kappa shape index (κ1) is 29.2. The van der Waals surface area contributed by atoms with Crippen LogP contribution in [0, 0.1) is 16.0 Å². The molecule has 0 bridgehead atoms. The number of carbonyl (C=O) groups excluding carboxylic acids is 2. The maximum absolute atomic E-state index is 12.8. The molecule has 0 unspecified atom stereocenters. The molecule has 1 amide bonds. The molecule has 12 nitrogen and oxygen atoms in total. The monoisotopic (exact) mass is 585 g/mol. The molecule has 3 aromatic carbocycles. The molecule has 1 aromatic heterocycles. The maximum Gasteiger partial charge on any atom is 0.320 e. The van der Waals surface area contributed by atoms with E-state index in [4.69, 9.17) is 13.9 Å². The summed E-state index contributed by atoms with van der Waals surface area (Å²) in [5, 5.41) is 25.0. The molecule has 0 radical (unpaired) electrons. The second kappa shape index (κ2) is 13.6. The van der Waals surface area contributed by atoms with E-state index in [1.807, 2.05) is 36.4 Å². The number of methoxy groups -OCH3 is 1. The predicted octanol–water partition coefficient (Wildman–Crippen LogP) is 6.39. The number of benzene rings is 3. The van der Waals surface area contributed by atoms with Crippen molar-refractivity contribution in [2.24, 2.45) is 5.92 Å². The molecule has 0 atom stereocenters. The van der Waals surface area contributed by atoms with Gasteiger partial charge in [-0.15, -0.1) is 5.10 Å². The number of esters is 1. The minimum atomic E-state index is -0.778. The van der Waals surface area contributed by atoms with Crippen LogP contribution in [0.15, 0.2) is 77.2 Å². The van der Waals surface area contributed by atoms with Crippen LogP contribution in [0.4, 0.5) is 23.1 Å². The van der Waals surface area contributed by atoms with Crippen molar-refractivity contribution in [2.75, 3.05) is 17.7 Å². The lowest BCUT2D eigenvalue weighted by molar-refractivity contribution is -0.384. The predicted molar refractivity (Wildman–Crippen MR) is 157 cm³/mol. The van der Waals surface area contributed by atoms with Crippen LogP contribution >= 0.6 is 0 Å². The second-order valence-electron chi connectivity index (χ2n) is 10.3. The third-order valence-electron chi connectivity index (χ3n) is 7.42. The van der Waals surface area contributed by atoms with E-state index in [0.29, 0.717) is 24.5 Å². The number of amides is 1. The number of nitrogens with one attached hydrogen (secondary N) is 2. The lowest BCUT2D eigenvalue weighted by atomic mass is 9.77. The topological polar surface area (TPSA) is 159 Å². The average Bonchev–Trinajstić information content (AvgIpc) is 3.50. The molecule has 222 valence electrons. The van der Waals surface area contributed by atoms with Gasteiger partial charge in [0.25, 0.3) is 5.69 Å². The fourth-order valence-electron chi connectivity index (χ4n) is 5.15. The summed E-state index contributed by atoms with van der Waals surface area (Å²) in [4.78, 5) is 35.8. The van der Waals surface area contributed by atoms with Crippen LogP contribution in [0.5, 0.6) is 5.75 Å². The van der Waals surface area contributed by atoms with Crippen LogP contribution in [-0.2, 0) is 16.1 Å². The van der Waals surface area contributed by atoms with Gasteiger partial charge in [-0.25, -0.2) is 0 Å². The number of nitrogens with zero attached hydrogens (tertiary/aromatic N) is 3. The van der Waals surface area contributed by atoms with E-state index in [9.17, 15) is 19.7 Å². The highest BCUT2D eigenvalue weighted by Gasteiger charge is 2.27. The van der Waals surface area contributed by atoms with E-state index in [0.717, 1.165) is 36.8 Å². The van der Waals surface area contributed by atoms with Gasteiger partial charge in [0.2, 0.25) is 0 Å². The Kier molecular flexibility index (Phi) is 9.25. The second-order valence-corrected chi connectivity index (χ2v) is 10.3. The highest BCUT2D eigenvalue weighted by Crippen LogP contribution is 2.39. The average molecular weight is 586 g/mol. The zero-order valence-corrected chi connectivity index (χ0v) is 23.5. The molecule has 0 saturated heterocycles. The van der Waals surface area contributed by atoms with Gasteiger partial charge in [-0.2, -0.15) is 0 Å². The molecule has 2 N–H and O–H groups in total. The van der Waals surface area contributed by atoms with E-state index in [2.05, 4.69) is 20.8 Å². The Morgan fingerprint density at radius 3 is 2.53 bits per heavy atom. The number of hydrogen-bond donors (Lipinski definition) is 2. The summed E-state index contributed by atoms with van der Waals surface area (Å²) >= 11 is 0. The largest absolute Gasteiger partial charge is 0.489 e. The molecule has 5 rings (SSSR count). The van der Waals surface area contributed by atoms with Crippen molar-refractivity contribution in [1.29, 1.82) is 0 Å². The van der Waals surface area contributed by atoms with Gasteiger partial charge in [0.1, 0.15) is 18.0 Å². The summed E-state index contributed by atoms with van der Waals surface area (Å²) in [6.07, 6.45) is 3.68. The number of aromatic nitrogens is 2. The first-order valence-electron chi connectivity index (χ1n) is 13.9. The highest BCUT2D eigenvalue weighted by molar-refractivity contribution is 6.02. The van der Waals surface area contributed by atoms with Crippen LogP contribution in [0.25, 0.3) is 0 Å². The maximum atomic E-state index is 12.8. The zero-order chi connectivity index (χ0) is 30.2. The number of ether oxygens (including phenoxy) is 2. The van der Waals surface area contributed by atoms with Crippen molar-refractivity contribution in [3.05, 3.63) is 99.9 Å². The van der Waals surface area contributed by atoms with E-state index >= 15 is 0 Å². The molecular weight excluding hydrogens is 554 g/mol. The third-order valence-corrected chi connectivity index (χ3v) is 7.42. The Morgan fingerprint density at radius 1 is 1.00 bits per heavy atom. The standard InChI is InChI=1S/C31H31N5O7/c1-41-28(37)16-20-10-12-22(13-11-20)23-14-15-26(27(17-23)36(39)40)33-29(38)30-34-35-31(43-30)32-24-8-5-9-25(18-24)42-19-21-6-3-2-4-7-21/h2-9,14-15,17-18,20,22H,10-13,16,19H2,1H3,(H,32,35)(H,33,38)/t20-,22-. The van der Waals surface area contributed by atoms with Crippen molar-refractivity contribution in [2.45, 2.75) is 44.6 Å². The molecule has 43 heavy (non-hydrogen) atoms. The molecule has 1 aliphatic rings. The Hall–Kier alpha value is -5.26. The minimum Gasteiger partial charge on any atom is -0.489 e. The Balaban J connectivity index is 1.19. The number of rotatable bonds is 11. The Morgan fingerprint density at radius 2 is 1.79 bits per heavy atom. The van der Waals surface area contributed by atoms with Crippen molar-refractivity contribution in [1.82, 2.24) is 10.2 Å². The summed E-state index contributed by atoms with van der Waals surface area (Å²) in [5.74, 6) is -0.356. The summed E-state index contributed by atoms with van der Waals surface area (Å²) in [7, 11) is 1.38. The molecular formula is C31H31N5O7. The summed E-state index contributed by atoms with van der Waals surface area (Å²) < 4.78 is 16.1. The van der Waals surface area contributed by atoms with Gasteiger partial charge < -0.3 is 24.5 Å². The molecule has 1 fully saturated rings. The van der Waals surface area contributed by atoms with Crippen LogP contribution in [0.3, 0.4) is 0 Å². The lowest BCUT2D eigenvalue weighted by Crippen LogP contribution is -2.17. The van der Waals surface area contributed by atoms with E-state index < -0.39 is 10.8 Å². The van der Waals surface area contributed by atoms with Crippen LogP contribution in [0.1, 0.15) is 59.8 Å². The minimum absolute atomic E-state index is 0.0223. The Bertz CT molecular complexity index is 1580. The smallest absolute Gasteiger partial charge is 0.320 e. The SMILES string of the molecule is COC(=O)C[C@H]1CC[C@H](c2ccc(NC(=O)c3nnc(Nc4cccc(OCc5ccccc5)c4)o3)c([N+](=O)[O-])c2)CC1. The van der Waals surface area contributed by atoms with Crippen LogP contribution < -0.4 is 15.4 Å². The van der Waals surface area contributed by atoms with Gasteiger partial charge in [-0.3, -0.25) is 19.7 Å². The molecule has 4 aromatic rings. The fourth-order valence-corrected chi connectivity index (χ4v) is 5.15. The number of carbonyl (C=O) groups is 2.